The Morgan fingerprint density at radius 2 is 2.00 bits per heavy atom. The van der Waals surface area contributed by atoms with Gasteiger partial charge in [0.1, 0.15) is 0 Å². The van der Waals surface area contributed by atoms with E-state index in [9.17, 15) is 10.1 Å². The summed E-state index contributed by atoms with van der Waals surface area (Å²) in [7, 11) is 0. The lowest BCUT2D eigenvalue weighted by molar-refractivity contribution is -0.384. The van der Waals surface area contributed by atoms with Crippen LogP contribution in [-0.4, -0.2) is 21.0 Å². The maximum Gasteiger partial charge on any atom is 0.269 e. The fraction of sp³-hybridized carbons (Fsp3) is 0.200. The standard InChI is InChI=1S/C10H8ClN3O3/c11-6-5-9-12-13-10(17-9)7-1-3-8(4-2-7)14(15)16/h1-4H,5-6H2. The van der Waals surface area contributed by atoms with E-state index in [0.29, 0.717) is 29.6 Å². The molecule has 0 fully saturated rings. The molecule has 0 saturated carbocycles. The number of halogens is 1. The van der Waals surface area contributed by atoms with E-state index < -0.39 is 4.92 Å². The molecule has 17 heavy (non-hydrogen) atoms. The Balaban J connectivity index is 2.23. The van der Waals surface area contributed by atoms with Crippen molar-refractivity contribution in [3.63, 3.8) is 0 Å². The van der Waals surface area contributed by atoms with Crippen LogP contribution in [0, 0.1) is 10.1 Å². The topological polar surface area (TPSA) is 82.1 Å². The fourth-order valence-corrected chi connectivity index (χ4v) is 1.44. The smallest absolute Gasteiger partial charge is 0.269 e. The lowest BCUT2D eigenvalue weighted by Crippen LogP contribution is -1.87. The average molecular weight is 254 g/mol. The molecular weight excluding hydrogens is 246 g/mol. The van der Waals surface area contributed by atoms with Gasteiger partial charge in [-0.1, -0.05) is 0 Å². The minimum Gasteiger partial charge on any atom is -0.421 e. The van der Waals surface area contributed by atoms with Gasteiger partial charge in [0, 0.05) is 30.0 Å². The molecule has 88 valence electrons. The summed E-state index contributed by atoms with van der Waals surface area (Å²) >= 11 is 5.54. The normalized spacial score (nSPS) is 10.4. The second kappa shape index (κ2) is 4.92. The zero-order valence-electron chi connectivity index (χ0n) is 8.67. The van der Waals surface area contributed by atoms with Gasteiger partial charge in [-0.25, -0.2) is 0 Å². The first-order valence-electron chi connectivity index (χ1n) is 4.84. The van der Waals surface area contributed by atoms with Gasteiger partial charge in [-0.3, -0.25) is 10.1 Å². The molecule has 0 saturated heterocycles. The van der Waals surface area contributed by atoms with Crippen LogP contribution in [0.25, 0.3) is 11.5 Å². The lowest BCUT2D eigenvalue weighted by Gasteiger charge is -1.94. The quantitative estimate of drug-likeness (QED) is 0.475. The molecular formula is C10H8ClN3O3. The van der Waals surface area contributed by atoms with Crippen molar-refractivity contribution < 1.29 is 9.34 Å². The molecule has 0 bridgehead atoms. The fourth-order valence-electron chi connectivity index (χ4n) is 1.28. The van der Waals surface area contributed by atoms with Crippen LogP contribution in [0.2, 0.25) is 0 Å². The van der Waals surface area contributed by atoms with E-state index in [-0.39, 0.29) is 5.69 Å². The predicted molar refractivity (Wildman–Crippen MR) is 60.8 cm³/mol. The Morgan fingerprint density at radius 1 is 1.29 bits per heavy atom. The van der Waals surface area contributed by atoms with Gasteiger partial charge in [-0.05, 0) is 12.1 Å². The van der Waals surface area contributed by atoms with Crippen LogP contribution in [-0.2, 0) is 6.42 Å². The van der Waals surface area contributed by atoms with E-state index in [4.69, 9.17) is 16.0 Å². The molecule has 0 aliphatic carbocycles. The van der Waals surface area contributed by atoms with Crippen molar-refractivity contribution in [2.24, 2.45) is 0 Å². The summed E-state index contributed by atoms with van der Waals surface area (Å²) in [5.41, 5.74) is 0.665. The number of hydrogen-bond acceptors (Lipinski definition) is 5. The molecule has 0 aliphatic heterocycles. The molecule has 2 rings (SSSR count). The highest BCUT2D eigenvalue weighted by Crippen LogP contribution is 2.21. The third kappa shape index (κ3) is 2.59. The number of aryl methyl sites for hydroxylation is 1. The molecule has 7 heteroatoms. The molecule has 1 heterocycles. The maximum atomic E-state index is 10.5. The van der Waals surface area contributed by atoms with Crippen molar-refractivity contribution in [1.82, 2.24) is 10.2 Å². The largest absolute Gasteiger partial charge is 0.421 e. The van der Waals surface area contributed by atoms with Crippen LogP contribution in [0.4, 0.5) is 5.69 Å². The number of non-ortho nitro benzene ring substituents is 1. The van der Waals surface area contributed by atoms with Crippen molar-refractivity contribution in [3.8, 4) is 11.5 Å². The summed E-state index contributed by atoms with van der Waals surface area (Å²) < 4.78 is 5.33. The highest BCUT2D eigenvalue weighted by atomic mass is 35.5. The molecule has 0 spiro atoms. The molecule has 1 aromatic heterocycles. The summed E-state index contributed by atoms with van der Waals surface area (Å²) in [4.78, 5) is 10.0. The van der Waals surface area contributed by atoms with E-state index in [2.05, 4.69) is 10.2 Å². The van der Waals surface area contributed by atoms with Gasteiger partial charge in [0.05, 0.1) is 4.92 Å². The monoisotopic (exact) mass is 253 g/mol. The van der Waals surface area contributed by atoms with Gasteiger partial charge in [-0.2, -0.15) is 0 Å². The maximum absolute atomic E-state index is 10.5. The first-order chi connectivity index (χ1) is 8.20. The summed E-state index contributed by atoms with van der Waals surface area (Å²) in [5, 5.41) is 18.1. The third-order valence-corrected chi connectivity index (χ3v) is 2.29. The minimum absolute atomic E-state index is 0.0225. The zero-order valence-corrected chi connectivity index (χ0v) is 9.42. The Bertz CT molecular complexity index is 524. The van der Waals surface area contributed by atoms with Crippen molar-refractivity contribution in [3.05, 3.63) is 40.3 Å². The average Bonchev–Trinajstić information content (AvgIpc) is 2.78. The van der Waals surface area contributed by atoms with E-state index in [1.54, 1.807) is 12.1 Å². The number of alkyl halides is 1. The summed E-state index contributed by atoms with van der Waals surface area (Å²) in [5.74, 6) is 1.19. The lowest BCUT2D eigenvalue weighted by atomic mass is 10.2. The predicted octanol–water partition coefficient (Wildman–Crippen LogP) is 2.43. The highest BCUT2D eigenvalue weighted by molar-refractivity contribution is 6.17. The molecule has 6 nitrogen and oxygen atoms in total. The molecule has 0 radical (unpaired) electrons. The van der Waals surface area contributed by atoms with Gasteiger partial charge in [0.25, 0.3) is 5.69 Å². The molecule has 1 aromatic carbocycles. The van der Waals surface area contributed by atoms with E-state index >= 15 is 0 Å². The van der Waals surface area contributed by atoms with Crippen LogP contribution in [0.15, 0.2) is 28.7 Å². The van der Waals surface area contributed by atoms with Gasteiger partial charge in [0.15, 0.2) is 0 Å². The van der Waals surface area contributed by atoms with Crippen molar-refractivity contribution >= 4 is 17.3 Å². The summed E-state index contributed by atoms with van der Waals surface area (Å²) in [6.07, 6.45) is 0.502. The molecule has 0 aliphatic rings. The Hall–Kier alpha value is -1.95. The van der Waals surface area contributed by atoms with Crippen LogP contribution >= 0.6 is 11.6 Å². The van der Waals surface area contributed by atoms with Gasteiger partial charge in [0.2, 0.25) is 11.8 Å². The summed E-state index contributed by atoms with van der Waals surface area (Å²) in [6, 6.07) is 5.91. The SMILES string of the molecule is O=[N+]([O-])c1ccc(-c2nnc(CCCl)o2)cc1. The Morgan fingerprint density at radius 3 is 2.59 bits per heavy atom. The number of aromatic nitrogens is 2. The van der Waals surface area contributed by atoms with Crippen molar-refractivity contribution in [2.45, 2.75) is 6.42 Å². The number of nitrogens with zero attached hydrogens (tertiary/aromatic N) is 3. The van der Waals surface area contributed by atoms with Crippen LogP contribution in [0.5, 0.6) is 0 Å². The van der Waals surface area contributed by atoms with Gasteiger partial charge in [-0.15, -0.1) is 21.8 Å². The van der Waals surface area contributed by atoms with Crippen LogP contribution < -0.4 is 0 Å². The van der Waals surface area contributed by atoms with Crippen LogP contribution in [0.3, 0.4) is 0 Å². The van der Waals surface area contributed by atoms with E-state index in [1.807, 2.05) is 0 Å². The number of nitro groups is 1. The Labute approximate surface area is 101 Å². The number of hydrogen-bond donors (Lipinski definition) is 0. The first-order valence-corrected chi connectivity index (χ1v) is 5.37. The molecule has 0 N–H and O–H groups in total. The van der Waals surface area contributed by atoms with Gasteiger partial charge >= 0.3 is 0 Å². The van der Waals surface area contributed by atoms with Gasteiger partial charge < -0.3 is 4.42 Å². The minimum atomic E-state index is -0.462. The van der Waals surface area contributed by atoms with E-state index in [0.717, 1.165) is 0 Å². The van der Waals surface area contributed by atoms with Crippen molar-refractivity contribution in [1.29, 1.82) is 0 Å². The second-order valence-electron chi connectivity index (χ2n) is 3.24. The molecule has 2 aromatic rings. The van der Waals surface area contributed by atoms with Crippen LogP contribution in [0.1, 0.15) is 5.89 Å². The molecule has 0 atom stereocenters. The third-order valence-electron chi connectivity index (χ3n) is 2.10. The number of rotatable bonds is 4. The number of nitro benzene ring substituents is 1. The number of benzene rings is 1. The van der Waals surface area contributed by atoms with Crippen molar-refractivity contribution in [2.75, 3.05) is 5.88 Å². The molecule has 0 unspecified atom stereocenters. The summed E-state index contributed by atoms with van der Waals surface area (Å²) in [6.45, 7) is 0. The highest BCUT2D eigenvalue weighted by Gasteiger charge is 2.10. The second-order valence-corrected chi connectivity index (χ2v) is 3.62. The first kappa shape index (κ1) is 11.5. The zero-order chi connectivity index (χ0) is 12.3. The molecule has 0 amide bonds. The Kier molecular flexibility index (Phi) is 3.34. The van der Waals surface area contributed by atoms with E-state index in [1.165, 1.54) is 12.1 Å².